The van der Waals surface area contributed by atoms with Gasteiger partial charge in [-0.25, -0.2) is 0 Å². The van der Waals surface area contributed by atoms with Crippen LogP contribution in [0.1, 0.15) is 5.56 Å². The van der Waals surface area contributed by atoms with Crippen LogP contribution in [0.2, 0.25) is 5.02 Å². The summed E-state index contributed by atoms with van der Waals surface area (Å²) in [6.45, 7) is 2.12. The normalized spacial score (nSPS) is 11.3. The predicted octanol–water partition coefficient (Wildman–Crippen LogP) is 7.88. The first-order valence-electron chi connectivity index (χ1n) is 8.98. The zero-order valence-electron chi connectivity index (χ0n) is 14.9. The molecule has 1 heterocycles. The van der Waals surface area contributed by atoms with Crippen LogP contribution in [0.4, 0.5) is 0 Å². The quantitative estimate of drug-likeness (QED) is 0.309. The second-order valence-corrected chi connectivity index (χ2v) is 7.26. The topological polar surface area (TPSA) is 13.1 Å². The minimum absolute atomic E-state index is 0.718. The molecule has 0 spiro atoms. The molecule has 0 saturated heterocycles. The van der Waals surface area contributed by atoms with Crippen molar-refractivity contribution in [3.05, 3.63) is 95.5 Å². The number of halogens is 1. The van der Waals surface area contributed by atoms with Crippen molar-refractivity contribution in [2.75, 3.05) is 0 Å². The van der Waals surface area contributed by atoms with E-state index in [1.807, 2.05) is 42.5 Å². The molecular weight excluding hydrogens is 352 g/mol. The van der Waals surface area contributed by atoms with Gasteiger partial charge in [0.1, 0.15) is 11.2 Å². The Hall–Kier alpha value is -3.03. The SMILES string of the molecule is Cc1cccc2oc3c(-c4cc(Cl)cc(-c5ccccc5)c4)cccc3c12. The second kappa shape index (κ2) is 6.29. The molecular formula is C25H17ClO. The fourth-order valence-corrected chi connectivity index (χ4v) is 4.03. The number of benzene rings is 4. The van der Waals surface area contributed by atoms with Crippen molar-refractivity contribution >= 4 is 33.5 Å². The van der Waals surface area contributed by atoms with E-state index in [4.69, 9.17) is 16.0 Å². The molecule has 2 heteroatoms. The zero-order chi connectivity index (χ0) is 18.4. The number of hydrogen-bond acceptors (Lipinski definition) is 1. The molecule has 0 radical (unpaired) electrons. The third-order valence-electron chi connectivity index (χ3n) is 5.05. The first kappa shape index (κ1) is 16.2. The number of hydrogen-bond donors (Lipinski definition) is 0. The van der Waals surface area contributed by atoms with Crippen LogP contribution >= 0.6 is 11.6 Å². The Morgan fingerprint density at radius 2 is 1.48 bits per heavy atom. The number of aryl methyl sites for hydroxylation is 1. The zero-order valence-corrected chi connectivity index (χ0v) is 15.6. The van der Waals surface area contributed by atoms with Crippen LogP contribution in [-0.2, 0) is 0 Å². The van der Waals surface area contributed by atoms with Gasteiger partial charge in [-0.1, -0.05) is 72.3 Å². The highest BCUT2D eigenvalue weighted by Gasteiger charge is 2.14. The Morgan fingerprint density at radius 3 is 2.33 bits per heavy atom. The number of fused-ring (bicyclic) bond motifs is 3. The minimum Gasteiger partial charge on any atom is -0.455 e. The van der Waals surface area contributed by atoms with Gasteiger partial charge in [-0.2, -0.15) is 0 Å². The van der Waals surface area contributed by atoms with E-state index in [-0.39, 0.29) is 0 Å². The van der Waals surface area contributed by atoms with Crippen LogP contribution in [0.3, 0.4) is 0 Å². The molecule has 0 aliphatic rings. The highest BCUT2D eigenvalue weighted by molar-refractivity contribution is 6.31. The summed E-state index contributed by atoms with van der Waals surface area (Å²) in [7, 11) is 0. The Bertz CT molecular complexity index is 1280. The molecule has 5 aromatic rings. The van der Waals surface area contributed by atoms with E-state index < -0.39 is 0 Å². The summed E-state index contributed by atoms with van der Waals surface area (Å²) in [5.74, 6) is 0. The number of para-hydroxylation sites is 1. The monoisotopic (exact) mass is 368 g/mol. The standard InChI is InChI=1S/C25H17ClO/c1-16-7-5-12-23-24(16)22-11-6-10-21(25(22)27-23)19-13-18(14-20(26)15-19)17-8-3-2-4-9-17/h2-15H,1H3. The molecule has 1 aromatic heterocycles. The lowest BCUT2D eigenvalue weighted by atomic mass is 9.97. The van der Waals surface area contributed by atoms with Crippen molar-refractivity contribution in [3.8, 4) is 22.3 Å². The van der Waals surface area contributed by atoms with Gasteiger partial charge in [-0.15, -0.1) is 0 Å². The number of furan rings is 1. The first-order valence-corrected chi connectivity index (χ1v) is 9.36. The van der Waals surface area contributed by atoms with Gasteiger partial charge in [-0.05, 0) is 53.4 Å². The van der Waals surface area contributed by atoms with Crippen LogP contribution in [0.5, 0.6) is 0 Å². The molecule has 0 aliphatic heterocycles. The molecule has 0 unspecified atom stereocenters. The van der Waals surface area contributed by atoms with Gasteiger partial charge < -0.3 is 4.42 Å². The van der Waals surface area contributed by atoms with Crippen molar-refractivity contribution in [1.82, 2.24) is 0 Å². The van der Waals surface area contributed by atoms with Crippen LogP contribution in [0, 0.1) is 6.92 Å². The van der Waals surface area contributed by atoms with E-state index in [1.54, 1.807) is 0 Å². The van der Waals surface area contributed by atoms with Crippen LogP contribution in [-0.4, -0.2) is 0 Å². The van der Waals surface area contributed by atoms with E-state index in [0.717, 1.165) is 43.8 Å². The molecule has 27 heavy (non-hydrogen) atoms. The number of rotatable bonds is 2. The molecule has 130 valence electrons. The Morgan fingerprint density at radius 1 is 0.704 bits per heavy atom. The molecule has 1 nitrogen and oxygen atoms in total. The Balaban J connectivity index is 1.78. The van der Waals surface area contributed by atoms with Gasteiger partial charge in [0.05, 0.1) is 0 Å². The molecule has 0 amide bonds. The highest BCUT2D eigenvalue weighted by Crippen LogP contribution is 2.39. The van der Waals surface area contributed by atoms with Gasteiger partial charge in [0, 0.05) is 21.4 Å². The summed E-state index contributed by atoms with van der Waals surface area (Å²) >= 11 is 6.47. The van der Waals surface area contributed by atoms with Gasteiger partial charge >= 0.3 is 0 Å². The summed E-state index contributed by atoms with van der Waals surface area (Å²) in [5, 5.41) is 3.04. The lowest BCUT2D eigenvalue weighted by molar-refractivity contribution is 0.670. The molecule has 0 saturated carbocycles. The largest absolute Gasteiger partial charge is 0.455 e. The van der Waals surface area contributed by atoms with Gasteiger partial charge in [0.25, 0.3) is 0 Å². The smallest absolute Gasteiger partial charge is 0.143 e. The minimum atomic E-state index is 0.718. The maximum Gasteiger partial charge on any atom is 0.143 e. The lowest BCUT2D eigenvalue weighted by Gasteiger charge is -2.08. The van der Waals surface area contributed by atoms with Gasteiger partial charge in [0.15, 0.2) is 0 Å². The lowest BCUT2D eigenvalue weighted by Crippen LogP contribution is -1.83. The molecule has 0 aliphatic carbocycles. The Kier molecular flexibility index (Phi) is 3.77. The molecule has 0 N–H and O–H groups in total. The maximum atomic E-state index is 6.47. The average Bonchev–Trinajstić information content (AvgIpc) is 3.08. The van der Waals surface area contributed by atoms with E-state index >= 15 is 0 Å². The summed E-state index contributed by atoms with van der Waals surface area (Å²) in [6, 6.07) is 29.0. The third-order valence-corrected chi connectivity index (χ3v) is 5.27. The fourth-order valence-electron chi connectivity index (χ4n) is 3.79. The first-order chi connectivity index (χ1) is 13.2. The van der Waals surface area contributed by atoms with E-state index in [9.17, 15) is 0 Å². The van der Waals surface area contributed by atoms with Crippen molar-refractivity contribution in [2.24, 2.45) is 0 Å². The Labute approximate surface area is 162 Å². The molecule has 0 bridgehead atoms. The van der Waals surface area contributed by atoms with Crippen molar-refractivity contribution in [3.63, 3.8) is 0 Å². The van der Waals surface area contributed by atoms with E-state index in [2.05, 4.69) is 49.4 Å². The average molecular weight is 369 g/mol. The molecule has 0 fully saturated rings. The van der Waals surface area contributed by atoms with Crippen LogP contribution in [0.25, 0.3) is 44.2 Å². The van der Waals surface area contributed by atoms with Crippen LogP contribution < -0.4 is 0 Å². The predicted molar refractivity (Wildman–Crippen MR) is 114 cm³/mol. The van der Waals surface area contributed by atoms with Gasteiger partial charge in [-0.3, -0.25) is 0 Å². The van der Waals surface area contributed by atoms with Crippen molar-refractivity contribution in [2.45, 2.75) is 6.92 Å². The van der Waals surface area contributed by atoms with E-state index in [0.29, 0.717) is 0 Å². The van der Waals surface area contributed by atoms with Crippen molar-refractivity contribution in [1.29, 1.82) is 0 Å². The van der Waals surface area contributed by atoms with Crippen LogP contribution in [0.15, 0.2) is 89.3 Å². The molecule has 4 aromatic carbocycles. The summed E-state index contributed by atoms with van der Waals surface area (Å²) in [5.41, 5.74) is 7.41. The fraction of sp³-hybridized carbons (Fsp3) is 0.0400. The van der Waals surface area contributed by atoms with E-state index in [1.165, 1.54) is 10.9 Å². The second-order valence-electron chi connectivity index (χ2n) is 6.83. The summed E-state index contributed by atoms with van der Waals surface area (Å²) in [4.78, 5) is 0. The summed E-state index contributed by atoms with van der Waals surface area (Å²) < 4.78 is 6.26. The molecule has 5 rings (SSSR count). The molecule has 0 atom stereocenters. The van der Waals surface area contributed by atoms with Crippen molar-refractivity contribution < 1.29 is 4.42 Å². The third kappa shape index (κ3) is 2.72. The van der Waals surface area contributed by atoms with Gasteiger partial charge in [0.2, 0.25) is 0 Å². The highest BCUT2D eigenvalue weighted by atomic mass is 35.5. The maximum absolute atomic E-state index is 6.47. The summed E-state index contributed by atoms with van der Waals surface area (Å²) in [6.07, 6.45) is 0.